The number of rotatable bonds is 3. The van der Waals surface area contributed by atoms with Crippen LogP contribution in [0.15, 0.2) is 18.2 Å². The van der Waals surface area contributed by atoms with E-state index in [0.717, 1.165) is 50.9 Å². The van der Waals surface area contributed by atoms with Gasteiger partial charge in [0.15, 0.2) is 5.82 Å². The molecule has 1 saturated carbocycles. The molecule has 0 radical (unpaired) electrons. The summed E-state index contributed by atoms with van der Waals surface area (Å²) in [6.07, 6.45) is 6.07. The van der Waals surface area contributed by atoms with Crippen molar-refractivity contribution in [1.29, 1.82) is 0 Å². The molecule has 1 fully saturated rings. The number of carbonyl (C=O) groups excluding carboxylic acids is 1. The number of anilines is 1. The van der Waals surface area contributed by atoms with Gasteiger partial charge in [-0.05, 0) is 43.9 Å². The Bertz CT molecular complexity index is 751. The summed E-state index contributed by atoms with van der Waals surface area (Å²) in [5, 5.41) is 11.3. The van der Waals surface area contributed by atoms with Crippen molar-refractivity contribution in [2.75, 3.05) is 5.32 Å². The zero-order chi connectivity index (χ0) is 15.8. The zero-order valence-corrected chi connectivity index (χ0v) is 12.9. The summed E-state index contributed by atoms with van der Waals surface area (Å²) in [4.78, 5) is 11.9. The first kappa shape index (κ1) is 14.4. The third-order valence-electron chi connectivity index (χ3n) is 4.53. The minimum atomic E-state index is -0.339. The molecule has 0 saturated heterocycles. The molecule has 0 bridgehead atoms. The van der Waals surface area contributed by atoms with Crippen molar-refractivity contribution >= 4 is 11.6 Å². The van der Waals surface area contributed by atoms with Crippen LogP contribution in [-0.2, 0) is 17.8 Å². The molecule has 5 nitrogen and oxygen atoms in total. The first-order valence-corrected chi connectivity index (χ1v) is 8.25. The van der Waals surface area contributed by atoms with Crippen LogP contribution in [-0.4, -0.2) is 20.7 Å². The summed E-state index contributed by atoms with van der Waals surface area (Å²) in [5.74, 6) is 1.27. The molecule has 1 aromatic heterocycles. The zero-order valence-electron chi connectivity index (χ0n) is 12.9. The van der Waals surface area contributed by atoms with Gasteiger partial charge >= 0.3 is 0 Å². The van der Waals surface area contributed by atoms with E-state index in [1.807, 2.05) is 4.57 Å². The standard InChI is InChI=1S/C17H19FN4O/c18-14-8-7-12(19-17(23)11-5-6-11)10-13(14)16-21-20-15-4-2-1-3-9-22(15)16/h7-8,10-11H,1-6,9H2,(H,19,23). The highest BCUT2D eigenvalue weighted by Gasteiger charge is 2.29. The minimum absolute atomic E-state index is 0.0163. The number of nitrogens with one attached hydrogen (secondary N) is 1. The van der Waals surface area contributed by atoms with E-state index in [2.05, 4.69) is 15.5 Å². The lowest BCUT2D eigenvalue weighted by atomic mass is 10.1. The fraction of sp³-hybridized carbons (Fsp3) is 0.471. The average Bonchev–Trinajstić information content (AvgIpc) is 3.35. The third kappa shape index (κ3) is 2.85. The number of carbonyl (C=O) groups is 1. The molecule has 23 heavy (non-hydrogen) atoms. The summed E-state index contributed by atoms with van der Waals surface area (Å²) < 4.78 is 16.3. The van der Waals surface area contributed by atoms with Gasteiger partial charge in [-0.1, -0.05) is 6.42 Å². The lowest BCUT2D eigenvalue weighted by Gasteiger charge is -2.10. The molecule has 0 spiro atoms. The van der Waals surface area contributed by atoms with Gasteiger partial charge in [-0.15, -0.1) is 10.2 Å². The van der Waals surface area contributed by atoms with Crippen LogP contribution in [0.25, 0.3) is 11.4 Å². The Labute approximate surface area is 133 Å². The molecular formula is C17H19FN4O. The van der Waals surface area contributed by atoms with Crippen molar-refractivity contribution < 1.29 is 9.18 Å². The van der Waals surface area contributed by atoms with Gasteiger partial charge in [0.25, 0.3) is 0 Å². The molecule has 4 rings (SSSR count). The molecule has 1 aliphatic carbocycles. The maximum Gasteiger partial charge on any atom is 0.227 e. The van der Waals surface area contributed by atoms with Gasteiger partial charge in [-0.3, -0.25) is 4.79 Å². The van der Waals surface area contributed by atoms with Gasteiger partial charge in [-0.25, -0.2) is 4.39 Å². The van der Waals surface area contributed by atoms with Crippen LogP contribution in [0.3, 0.4) is 0 Å². The number of benzene rings is 1. The van der Waals surface area contributed by atoms with Crippen molar-refractivity contribution in [2.24, 2.45) is 5.92 Å². The molecule has 0 unspecified atom stereocenters. The van der Waals surface area contributed by atoms with E-state index in [-0.39, 0.29) is 17.6 Å². The second-order valence-electron chi connectivity index (χ2n) is 6.36. The molecule has 2 heterocycles. The van der Waals surface area contributed by atoms with E-state index in [9.17, 15) is 9.18 Å². The normalized spacial score (nSPS) is 17.4. The lowest BCUT2D eigenvalue weighted by molar-refractivity contribution is -0.117. The Hall–Kier alpha value is -2.24. The maximum absolute atomic E-state index is 14.3. The highest BCUT2D eigenvalue weighted by atomic mass is 19.1. The number of hydrogen-bond acceptors (Lipinski definition) is 3. The van der Waals surface area contributed by atoms with E-state index < -0.39 is 0 Å². The summed E-state index contributed by atoms with van der Waals surface area (Å²) >= 11 is 0. The predicted molar refractivity (Wildman–Crippen MR) is 84.3 cm³/mol. The Morgan fingerprint density at radius 1 is 1.22 bits per heavy atom. The third-order valence-corrected chi connectivity index (χ3v) is 4.53. The van der Waals surface area contributed by atoms with E-state index in [4.69, 9.17) is 0 Å². The van der Waals surface area contributed by atoms with E-state index in [0.29, 0.717) is 17.1 Å². The highest BCUT2D eigenvalue weighted by molar-refractivity contribution is 5.94. The van der Waals surface area contributed by atoms with Crippen molar-refractivity contribution in [3.05, 3.63) is 29.8 Å². The van der Waals surface area contributed by atoms with E-state index >= 15 is 0 Å². The number of hydrogen-bond donors (Lipinski definition) is 1. The van der Waals surface area contributed by atoms with Crippen LogP contribution >= 0.6 is 0 Å². The topological polar surface area (TPSA) is 59.8 Å². The summed E-state index contributed by atoms with van der Waals surface area (Å²) in [6.45, 7) is 0.815. The molecule has 2 aliphatic rings. The van der Waals surface area contributed by atoms with Gasteiger partial charge in [0.05, 0.1) is 5.56 Å². The summed E-state index contributed by atoms with van der Waals surface area (Å²) in [6, 6.07) is 4.65. The molecule has 1 aromatic carbocycles. The first-order chi connectivity index (χ1) is 11.2. The van der Waals surface area contributed by atoms with Crippen LogP contribution in [0.4, 0.5) is 10.1 Å². The molecule has 6 heteroatoms. The van der Waals surface area contributed by atoms with Gasteiger partial charge in [0.2, 0.25) is 5.91 Å². The molecule has 1 N–H and O–H groups in total. The minimum Gasteiger partial charge on any atom is -0.326 e. The summed E-state index contributed by atoms with van der Waals surface area (Å²) in [5.41, 5.74) is 1.02. The Morgan fingerprint density at radius 2 is 2.09 bits per heavy atom. The molecule has 2 aromatic rings. The lowest BCUT2D eigenvalue weighted by Crippen LogP contribution is -2.13. The van der Waals surface area contributed by atoms with Crippen LogP contribution in [0.2, 0.25) is 0 Å². The number of nitrogens with zero attached hydrogens (tertiary/aromatic N) is 3. The van der Waals surface area contributed by atoms with Gasteiger partial charge in [-0.2, -0.15) is 0 Å². The SMILES string of the molecule is O=C(Nc1ccc(F)c(-c2nnc3n2CCCCC3)c1)C1CC1. The van der Waals surface area contributed by atoms with Crippen LogP contribution in [0.1, 0.15) is 37.9 Å². The molecule has 0 atom stereocenters. The number of aryl methyl sites for hydroxylation is 1. The van der Waals surface area contributed by atoms with Gasteiger partial charge < -0.3 is 9.88 Å². The second kappa shape index (κ2) is 5.76. The van der Waals surface area contributed by atoms with E-state index in [1.165, 1.54) is 6.07 Å². The van der Waals surface area contributed by atoms with Crippen molar-refractivity contribution in [3.8, 4) is 11.4 Å². The van der Waals surface area contributed by atoms with Crippen molar-refractivity contribution in [2.45, 2.75) is 45.1 Å². The predicted octanol–water partition coefficient (Wildman–Crippen LogP) is 3.16. The first-order valence-electron chi connectivity index (χ1n) is 8.25. The van der Waals surface area contributed by atoms with Gasteiger partial charge in [0.1, 0.15) is 11.6 Å². The molecule has 1 amide bonds. The van der Waals surface area contributed by atoms with E-state index in [1.54, 1.807) is 12.1 Å². The fourth-order valence-corrected chi connectivity index (χ4v) is 3.05. The van der Waals surface area contributed by atoms with Crippen molar-refractivity contribution in [1.82, 2.24) is 14.8 Å². The molecule has 120 valence electrons. The smallest absolute Gasteiger partial charge is 0.227 e. The number of aromatic nitrogens is 3. The number of amides is 1. The van der Waals surface area contributed by atoms with Crippen LogP contribution in [0, 0.1) is 11.7 Å². The second-order valence-corrected chi connectivity index (χ2v) is 6.36. The molecule has 1 aliphatic heterocycles. The Balaban J connectivity index is 1.68. The Kier molecular flexibility index (Phi) is 3.59. The summed E-state index contributed by atoms with van der Waals surface area (Å²) in [7, 11) is 0. The highest BCUT2D eigenvalue weighted by Crippen LogP contribution is 2.31. The van der Waals surface area contributed by atoms with Crippen molar-refractivity contribution in [3.63, 3.8) is 0 Å². The van der Waals surface area contributed by atoms with Crippen LogP contribution < -0.4 is 5.32 Å². The maximum atomic E-state index is 14.3. The van der Waals surface area contributed by atoms with Crippen LogP contribution in [0.5, 0.6) is 0 Å². The molecular weight excluding hydrogens is 295 g/mol. The average molecular weight is 314 g/mol. The number of halogens is 1. The quantitative estimate of drug-likeness (QED) is 0.946. The Morgan fingerprint density at radius 3 is 2.91 bits per heavy atom. The largest absolute Gasteiger partial charge is 0.326 e. The monoisotopic (exact) mass is 314 g/mol. The fourth-order valence-electron chi connectivity index (χ4n) is 3.05. The van der Waals surface area contributed by atoms with Gasteiger partial charge in [0, 0.05) is 24.6 Å². The number of fused-ring (bicyclic) bond motifs is 1.